The van der Waals surface area contributed by atoms with Crippen molar-refractivity contribution < 1.29 is 4.87 Å². The molecule has 0 radical (unpaired) electrons. The van der Waals surface area contributed by atoms with Crippen LogP contribution >= 0.6 is 0 Å². The number of nitroso groups, excluding NO2 is 1. The van der Waals surface area contributed by atoms with Gasteiger partial charge < -0.3 is 0 Å². The van der Waals surface area contributed by atoms with Crippen molar-refractivity contribution in [1.82, 2.24) is 5.43 Å². The predicted molar refractivity (Wildman–Crippen MR) is 42.1 cm³/mol. The third kappa shape index (κ3) is 1.03. The van der Waals surface area contributed by atoms with Crippen LogP contribution in [-0.2, 0) is 0 Å². The number of hydrogen-bond acceptors (Lipinski definition) is 1. The normalized spacial score (nSPS) is 28.9. The molecule has 2 fully saturated rings. The van der Waals surface area contributed by atoms with Crippen LogP contribution in [0, 0.1) is 4.91 Å². The fourth-order valence-electron chi connectivity index (χ4n) is 2.32. The molecule has 2 rings (SSSR count). The fourth-order valence-corrected chi connectivity index (χ4v) is 2.32. The summed E-state index contributed by atoms with van der Waals surface area (Å²) in [5.74, 6) is 0. The molecule has 3 nitrogen and oxygen atoms in total. The first-order valence-corrected chi connectivity index (χ1v) is 4.54. The van der Waals surface area contributed by atoms with Gasteiger partial charge in [-0.15, -0.1) is 0 Å². The molecule has 1 aliphatic heterocycles. The first-order valence-electron chi connectivity index (χ1n) is 4.54. The first-order chi connectivity index (χ1) is 5.33. The summed E-state index contributed by atoms with van der Waals surface area (Å²) >= 11 is 0. The van der Waals surface area contributed by atoms with Crippen molar-refractivity contribution in [2.24, 2.45) is 0 Å². The highest BCUT2D eigenvalue weighted by molar-refractivity contribution is 4.85. The highest BCUT2D eigenvalue weighted by Crippen LogP contribution is 2.35. The summed E-state index contributed by atoms with van der Waals surface area (Å²) in [4.78, 5) is 12.5. The van der Waals surface area contributed by atoms with Crippen LogP contribution in [0.15, 0.2) is 0 Å². The number of nitrogens with zero attached hydrogens (tertiary/aromatic N) is 1. The number of hydrazine groups is 1. The molecular weight excluding hydrogens is 140 g/mol. The van der Waals surface area contributed by atoms with Crippen molar-refractivity contribution >= 4 is 0 Å². The Bertz CT molecular complexity index is 173. The minimum atomic E-state index is -0.00174. The summed E-state index contributed by atoms with van der Waals surface area (Å²) in [6.45, 7) is 0.878. The molecule has 0 aromatic heterocycles. The van der Waals surface area contributed by atoms with Crippen LogP contribution in [0.25, 0.3) is 0 Å². The van der Waals surface area contributed by atoms with Crippen molar-refractivity contribution in [3.8, 4) is 0 Å². The lowest BCUT2D eigenvalue weighted by Gasteiger charge is -2.22. The molecule has 0 aromatic rings. The third-order valence-electron chi connectivity index (χ3n) is 3.06. The van der Waals surface area contributed by atoms with Gasteiger partial charge in [-0.25, -0.2) is 0 Å². The molecule has 2 aliphatic rings. The van der Waals surface area contributed by atoms with E-state index in [9.17, 15) is 4.91 Å². The van der Waals surface area contributed by atoms with Crippen molar-refractivity contribution in [3.05, 3.63) is 4.91 Å². The van der Waals surface area contributed by atoms with Crippen LogP contribution in [0.4, 0.5) is 0 Å². The van der Waals surface area contributed by atoms with Crippen LogP contribution in [0.5, 0.6) is 0 Å². The molecule has 1 saturated heterocycles. The molecule has 0 bridgehead atoms. The van der Waals surface area contributed by atoms with Gasteiger partial charge >= 0.3 is 0 Å². The van der Waals surface area contributed by atoms with Crippen molar-refractivity contribution in [2.45, 2.75) is 44.1 Å². The summed E-state index contributed by atoms with van der Waals surface area (Å²) in [5, 5.41) is 0. The van der Waals surface area contributed by atoms with Crippen molar-refractivity contribution in [2.75, 3.05) is 6.54 Å². The van der Waals surface area contributed by atoms with Crippen molar-refractivity contribution in [1.29, 1.82) is 0 Å². The Labute approximate surface area is 66.7 Å². The zero-order valence-electron chi connectivity index (χ0n) is 6.81. The lowest BCUT2D eigenvalue weighted by Crippen LogP contribution is -2.40. The number of rotatable bonds is 0. The molecule has 1 N–H and O–H groups in total. The minimum absolute atomic E-state index is 0.00174. The average Bonchev–Trinajstić information content (AvgIpc) is 2.36. The number of nitrogens with one attached hydrogen (secondary N) is 1. The van der Waals surface area contributed by atoms with Crippen LogP contribution in [0.1, 0.15) is 38.5 Å². The van der Waals surface area contributed by atoms with Crippen LogP contribution in [0.2, 0.25) is 0 Å². The van der Waals surface area contributed by atoms with E-state index in [4.69, 9.17) is 0 Å². The summed E-state index contributed by atoms with van der Waals surface area (Å²) in [6.07, 6.45) is 7.04. The van der Waals surface area contributed by atoms with E-state index in [0.29, 0.717) is 0 Å². The molecule has 0 aromatic carbocycles. The largest absolute Gasteiger partial charge is 0.245 e. The second kappa shape index (κ2) is 2.47. The van der Waals surface area contributed by atoms with Gasteiger partial charge in [-0.05, 0) is 12.8 Å². The first kappa shape index (κ1) is 7.07. The van der Waals surface area contributed by atoms with E-state index in [1.165, 1.54) is 19.3 Å². The second-order valence-corrected chi connectivity index (χ2v) is 3.74. The Balaban J connectivity index is 2.12. The van der Waals surface area contributed by atoms with Gasteiger partial charge in [0.15, 0.2) is 0 Å². The smallest absolute Gasteiger partial charge is 0.152 e. The maximum absolute atomic E-state index is 11.4. The molecule has 0 unspecified atom stereocenters. The SMILES string of the molecule is O=[N+]1NCCC12CCCCC2. The predicted octanol–water partition coefficient (Wildman–Crippen LogP) is 1.38. The van der Waals surface area contributed by atoms with E-state index < -0.39 is 0 Å². The molecule has 1 spiro atoms. The van der Waals surface area contributed by atoms with Crippen LogP contribution in [0.3, 0.4) is 0 Å². The lowest BCUT2D eigenvalue weighted by atomic mass is 9.81. The topological polar surface area (TPSA) is 32.1 Å². The van der Waals surface area contributed by atoms with E-state index in [2.05, 4.69) is 5.43 Å². The number of hydrogen-bond donors (Lipinski definition) is 1. The summed E-state index contributed by atoms with van der Waals surface area (Å²) in [7, 11) is 0. The van der Waals surface area contributed by atoms with E-state index >= 15 is 0 Å². The average molecular weight is 155 g/mol. The Kier molecular flexibility index (Phi) is 1.59. The maximum Gasteiger partial charge on any atom is 0.245 e. The molecule has 1 heterocycles. The molecule has 0 amide bonds. The highest BCUT2D eigenvalue weighted by Gasteiger charge is 2.50. The Morgan fingerprint density at radius 3 is 2.36 bits per heavy atom. The summed E-state index contributed by atoms with van der Waals surface area (Å²) in [5.41, 5.74) is 2.86. The molecule has 1 aliphatic carbocycles. The maximum atomic E-state index is 11.4. The van der Waals surface area contributed by atoms with E-state index in [1.807, 2.05) is 0 Å². The van der Waals surface area contributed by atoms with E-state index in [1.54, 1.807) is 0 Å². The minimum Gasteiger partial charge on any atom is -0.152 e. The van der Waals surface area contributed by atoms with Gasteiger partial charge in [0.2, 0.25) is 5.54 Å². The van der Waals surface area contributed by atoms with Crippen molar-refractivity contribution in [3.63, 3.8) is 0 Å². The molecule has 0 atom stereocenters. The van der Waals surface area contributed by atoms with Gasteiger partial charge in [-0.1, -0.05) is 6.42 Å². The molecule has 62 valence electrons. The van der Waals surface area contributed by atoms with Gasteiger partial charge in [-0.3, -0.25) is 0 Å². The van der Waals surface area contributed by atoms with Crippen LogP contribution < -0.4 is 5.43 Å². The van der Waals surface area contributed by atoms with Gasteiger partial charge in [0.25, 0.3) is 0 Å². The van der Waals surface area contributed by atoms with Gasteiger partial charge in [-0.2, -0.15) is 5.43 Å². The molecular formula is C8H15N2O+. The Morgan fingerprint density at radius 2 is 1.82 bits per heavy atom. The quantitative estimate of drug-likeness (QED) is 0.536. The second-order valence-electron chi connectivity index (χ2n) is 3.74. The van der Waals surface area contributed by atoms with E-state index in [0.717, 1.165) is 30.7 Å². The van der Waals surface area contributed by atoms with Gasteiger partial charge in [0, 0.05) is 19.3 Å². The highest BCUT2D eigenvalue weighted by atomic mass is 16.3. The van der Waals surface area contributed by atoms with E-state index in [-0.39, 0.29) is 5.54 Å². The Morgan fingerprint density at radius 1 is 1.09 bits per heavy atom. The summed E-state index contributed by atoms with van der Waals surface area (Å²) in [6, 6.07) is 0. The summed E-state index contributed by atoms with van der Waals surface area (Å²) < 4.78 is 0. The zero-order valence-corrected chi connectivity index (χ0v) is 6.81. The van der Waals surface area contributed by atoms with Gasteiger partial charge in [0.05, 0.1) is 11.5 Å². The fraction of sp³-hybridized carbons (Fsp3) is 1.00. The monoisotopic (exact) mass is 155 g/mol. The molecule has 3 heteroatoms. The molecule has 1 saturated carbocycles. The van der Waals surface area contributed by atoms with Crippen LogP contribution in [-0.4, -0.2) is 17.0 Å². The van der Waals surface area contributed by atoms with Gasteiger partial charge in [0.1, 0.15) is 4.87 Å². The molecule has 11 heavy (non-hydrogen) atoms. The standard InChI is InChI=1S/C8H15N2O/c11-10-8(6-7-9-10)4-2-1-3-5-8/h1-7H2,(H,9,11)/q+1. The zero-order chi connectivity index (χ0) is 7.73. The lowest BCUT2D eigenvalue weighted by molar-refractivity contribution is -0.659. The third-order valence-corrected chi connectivity index (χ3v) is 3.06. The Hall–Kier alpha value is -0.600.